The monoisotopic (exact) mass is 291 g/mol. The topological polar surface area (TPSA) is 101 Å². The van der Waals surface area contributed by atoms with Crippen LogP contribution in [0.15, 0.2) is 0 Å². The van der Waals surface area contributed by atoms with E-state index >= 15 is 0 Å². The van der Waals surface area contributed by atoms with Crippen LogP contribution in [0.2, 0.25) is 0 Å². The van der Waals surface area contributed by atoms with Crippen molar-refractivity contribution >= 4 is 21.7 Å². The lowest BCUT2D eigenvalue weighted by atomic mass is 9.88. The highest BCUT2D eigenvalue weighted by atomic mass is 32.2. The summed E-state index contributed by atoms with van der Waals surface area (Å²) in [5, 5.41) is 11.5. The van der Waals surface area contributed by atoms with Crippen LogP contribution >= 0.6 is 0 Å². The second-order valence-corrected chi connectivity index (χ2v) is 7.41. The third-order valence-corrected chi connectivity index (χ3v) is 4.35. The maximum absolute atomic E-state index is 11.9. The predicted octanol–water partition coefficient (Wildman–Crippen LogP) is 0.571. The number of aliphatic carboxylic acids is 1. The summed E-state index contributed by atoms with van der Waals surface area (Å²) in [5.41, 5.74) is 0. The first kappa shape index (κ1) is 15.9. The van der Waals surface area contributed by atoms with Gasteiger partial charge >= 0.3 is 5.97 Å². The molecule has 110 valence electrons. The number of sulfone groups is 1. The Balaban J connectivity index is 2.52. The Hall–Kier alpha value is -1.11. The fourth-order valence-electron chi connectivity index (χ4n) is 2.24. The van der Waals surface area contributed by atoms with Gasteiger partial charge in [0.2, 0.25) is 5.91 Å². The lowest BCUT2D eigenvalue weighted by molar-refractivity contribution is -0.142. The van der Waals surface area contributed by atoms with Crippen LogP contribution in [0, 0.1) is 5.92 Å². The van der Waals surface area contributed by atoms with E-state index in [2.05, 4.69) is 5.32 Å². The van der Waals surface area contributed by atoms with Gasteiger partial charge in [-0.3, -0.25) is 4.79 Å². The maximum Gasteiger partial charge on any atom is 0.326 e. The molecule has 1 fully saturated rings. The number of carboxylic acid groups (broad SMARTS) is 1. The van der Waals surface area contributed by atoms with Crippen LogP contribution in [0.5, 0.6) is 0 Å². The van der Waals surface area contributed by atoms with Crippen LogP contribution in [0.4, 0.5) is 0 Å². The van der Waals surface area contributed by atoms with E-state index in [0.29, 0.717) is 0 Å². The summed E-state index contributed by atoms with van der Waals surface area (Å²) in [5.74, 6) is -1.82. The van der Waals surface area contributed by atoms with Gasteiger partial charge in [0.15, 0.2) is 0 Å². The molecule has 1 rings (SSSR count). The normalized spacial score (nSPS) is 18.8. The van der Waals surface area contributed by atoms with Gasteiger partial charge in [-0.2, -0.15) is 0 Å². The lowest BCUT2D eigenvalue weighted by Gasteiger charge is -2.23. The smallest absolute Gasteiger partial charge is 0.326 e. The van der Waals surface area contributed by atoms with E-state index in [1.807, 2.05) is 0 Å². The first-order valence-electron chi connectivity index (χ1n) is 6.50. The number of amides is 1. The molecule has 0 aliphatic heterocycles. The number of carbonyl (C=O) groups is 2. The van der Waals surface area contributed by atoms with Crippen molar-refractivity contribution in [2.45, 2.75) is 44.6 Å². The van der Waals surface area contributed by atoms with Crippen LogP contribution in [-0.4, -0.2) is 43.5 Å². The summed E-state index contributed by atoms with van der Waals surface area (Å²) < 4.78 is 22.1. The van der Waals surface area contributed by atoms with Gasteiger partial charge in [-0.25, -0.2) is 13.2 Å². The van der Waals surface area contributed by atoms with Crippen molar-refractivity contribution in [3.63, 3.8) is 0 Å². The molecule has 1 aliphatic rings. The third-order valence-electron chi connectivity index (χ3n) is 3.37. The summed E-state index contributed by atoms with van der Waals surface area (Å²) in [6.45, 7) is 0. The van der Waals surface area contributed by atoms with E-state index in [4.69, 9.17) is 5.11 Å². The van der Waals surface area contributed by atoms with Crippen molar-refractivity contribution < 1.29 is 23.1 Å². The van der Waals surface area contributed by atoms with Gasteiger partial charge in [0.05, 0.1) is 5.75 Å². The zero-order valence-corrected chi connectivity index (χ0v) is 11.9. The van der Waals surface area contributed by atoms with Crippen molar-refractivity contribution in [2.24, 2.45) is 5.92 Å². The van der Waals surface area contributed by atoms with Crippen molar-refractivity contribution in [1.82, 2.24) is 5.32 Å². The van der Waals surface area contributed by atoms with Crippen LogP contribution in [-0.2, 0) is 19.4 Å². The molecule has 0 saturated heterocycles. The number of nitrogens with one attached hydrogen (secondary N) is 1. The van der Waals surface area contributed by atoms with Gasteiger partial charge in [-0.15, -0.1) is 0 Å². The highest BCUT2D eigenvalue weighted by molar-refractivity contribution is 7.90. The Morgan fingerprint density at radius 2 is 1.84 bits per heavy atom. The van der Waals surface area contributed by atoms with Crippen LogP contribution in [0.1, 0.15) is 38.5 Å². The van der Waals surface area contributed by atoms with Crippen LogP contribution < -0.4 is 5.32 Å². The Bertz CT molecular complexity index is 425. The fourth-order valence-corrected chi connectivity index (χ4v) is 2.91. The summed E-state index contributed by atoms with van der Waals surface area (Å²) in [6, 6.07) is -1.12. The molecular weight excluding hydrogens is 270 g/mol. The molecule has 0 aromatic carbocycles. The van der Waals surface area contributed by atoms with Crippen LogP contribution in [0.3, 0.4) is 0 Å². The minimum Gasteiger partial charge on any atom is -0.480 e. The van der Waals surface area contributed by atoms with Gasteiger partial charge < -0.3 is 10.4 Å². The molecule has 0 aromatic heterocycles. The molecule has 1 amide bonds. The van der Waals surface area contributed by atoms with E-state index in [9.17, 15) is 18.0 Å². The molecule has 0 unspecified atom stereocenters. The van der Waals surface area contributed by atoms with Crippen molar-refractivity contribution in [2.75, 3.05) is 12.0 Å². The number of carboxylic acids is 1. The summed E-state index contributed by atoms with van der Waals surface area (Å²) in [7, 11) is -3.23. The van der Waals surface area contributed by atoms with Gasteiger partial charge in [0.1, 0.15) is 15.9 Å². The number of carbonyl (C=O) groups excluding carboxylic acids is 1. The molecule has 6 nitrogen and oxygen atoms in total. The molecule has 0 bridgehead atoms. The van der Waals surface area contributed by atoms with E-state index in [1.54, 1.807) is 0 Å². The van der Waals surface area contributed by atoms with Gasteiger partial charge in [0, 0.05) is 12.2 Å². The first-order chi connectivity index (χ1) is 8.79. The van der Waals surface area contributed by atoms with Gasteiger partial charge in [0.25, 0.3) is 0 Å². The zero-order valence-electron chi connectivity index (χ0n) is 11.1. The molecule has 7 heteroatoms. The molecule has 0 aromatic rings. The second kappa shape index (κ2) is 6.88. The highest BCUT2D eigenvalue weighted by Crippen LogP contribution is 2.23. The SMILES string of the molecule is CS(=O)(=O)CC[C@H](NC(=O)C1CCCCC1)C(=O)O. The second-order valence-electron chi connectivity index (χ2n) is 5.15. The highest BCUT2D eigenvalue weighted by Gasteiger charge is 2.26. The molecule has 1 saturated carbocycles. The number of hydrogen-bond donors (Lipinski definition) is 2. The van der Waals surface area contributed by atoms with Crippen molar-refractivity contribution in [3.05, 3.63) is 0 Å². The Labute approximate surface area is 113 Å². The van der Waals surface area contributed by atoms with Crippen molar-refractivity contribution in [1.29, 1.82) is 0 Å². The number of hydrogen-bond acceptors (Lipinski definition) is 4. The summed E-state index contributed by atoms with van der Waals surface area (Å²) in [6.07, 6.45) is 5.61. The van der Waals surface area contributed by atoms with Gasteiger partial charge in [-0.1, -0.05) is 19.3 Å². The first-order valence-corrected chi connectivity index (χ1v) is 8.56. The van der Waals surface area contributed by atoms with E-state index < -0.39 is 21.8 Å². The largest absolute Gasteiger partial charge is 0.480 e. The Kier molecular flexibility index (Phi) is 5.78. The maximum atomic E-state index is 11.9. The predicted molar refractivity (Wildman–Crippen MR) is 70.5 cm³/mol. The lowest BCUT2D eigenvalue weighted by Crippen LogP contribution is -2.44. The summed E-state index contributed by atoms with van der Waals surface area (Å²) in [4.78, 5) is 22.9. The average molecular weight is 291 g/mol. The standard InChI is InChI=1S/C12H21NO5S/c1-19(17,18)8-7-10(12(15)16)13-11(14)9-5-3-2-4-6-9/h9-10H,2-8H2,1H3,(H,13,14)(H,15,16)/t10-/m0/s1. The minimum absolute atomic E-state index is 0.0906. The van der Waals surface area contributed by atoms with E-state index in [-0.39, 0.29) is 24.0 Å². The molecular formula is C12H21NO5S. The molecule has 0 heterocycles. The molecule has 2 N–H and O–H groups in total. The fraction of sp³-hybridized carbons (Fsp3) is 0.833. The molecule has 0 spiro atoms. The zero-order chi connectivity index (χ0) is 14.5. The van der Waals surface area contributed by atoms with Crippen molar-refractivity contribution in [3.8, 4) is 0 Å². The minimum atomic E-state index is -3.23. The molecule has 1 aliphatic carbocycles. The van der Waals surface area contributed by atoms with E-state index in [0.717, 1.165) is 38.4 Å². The number of rotatable bonds is 6. The Morgan fingerprint density at radius 1 is 1.26 bits per heavy atom. The average Bonchev–Trinajstić information content (AvgIpc) is 2.33. The van der Waals surface area contributed by atoms with Crippen LogP contribution in [0.25, 0.3) is 0 Å². The Morgan fingerprint density at radius 3 is 2.32 bits per heavy atom. The van der Waals surface area contributed by atoms with Gasteiger partial charge in [-0.05, 0) is 19.3 Å². The van der Waals surface area contributed by atoms with E-state index in [1.165, 1.54) is 0 Å². The molecule has 19 heavy (non-hydrogen) atoms. The summed E-state index contributed by atoms with van der Waals surface area (Å²) >= 11 is 0. The quantitative estimate of drug-likeness (QED) is 0.745. The molecule has 1 atom stereocenters. The molecule has 0 radical (unpaired) electrons. The third kappa shape index (κ3) is 6.04.